The number of hydrogen-bond acceptors (Lipinski definition) is 4. The molecule has 0 amide bonds. The SMILES string of the molecule is O=c1c2nc(-c3ccc(Cl)cc3)sc2nc2n1CCC2. The lowest BCUT2D eigenvalue weighted by Crippen LogP contribution is -2.20. The van der Waals surface area contributed by atoms with Gasteiger partial charge >= 0.3 is 0 Å². The van der Waals surface area contributed by atoms with Gasteiger partial charge in [0.15, 0.2) is 10.3 Å². The fourth-order valence-electron chi connectivity index (χ4n) is 2.48. The molecule has 2 aromatic heterocycles. The van der Waals surface area contributed by atoms with Gasteiger partial charge in [-0.3, -0.25) is 9.36 Å². The average molecular weight is 304 g/mol. The Bertz CT molecular complexity index is 866. The number of fused-ring (bicyclic) bond motifs is 2. The van der Waals surface area contributed by atoms with Gasteiger partial charge in [-0.15, -0.1) is 0 Å². The van der Waals surface area contributed by atoms with Gasteiger partial charge in [-0.05, 0) is 18.6 Å². The summed E-state index contributed by atoms with van der Waals surface area (Å²) in [7, 11) is 0. The van der Waals surface area contributed by atoms with Gasteiger partial charge in [0.1, 0.15) is 10.8 Å². The van der Waals surface area contributed by atoms with Gasteiger partial charge in [0.25, 0.3) is 5.56 Å². The van der Waals surface area contributed by atoms with Crippen molar-refractivity contribution in [2.45, 2.75) is 19.4 Å². The maximum absolute atomic E-state index is 12.4. The van der Waals surface area contributed by atoms with Crippen LogP contribution in [-0.4, -0.2) is 14.5 Å². The second kappa shape index (κ2) is 4.40. The van der Waals surface area contributed by atoms with Gasteiger partial charge in [-0.2, -0.15) is 0 Å². The average Bonchev–Trinajstić information content (AvgIpc) is 3.06. The number of thiazole rings is 1. The summed E-state index contributed by atoms with van der Waals surface area (Å²) >= 11 is 7.35. The van der Waals surface area contributed by atoms with Crippen LogP contribution in [0.5, 0.6) is 0 Å². The number of nitrogens with zero attached hydrogens (tertiary/aromatic N) is 3. The molecule has 0 saturated carbocycles. The molecule has 0 radical (unpaired) electrons. The third-order valence-electron chi connectivity index (χ3n) is 3.47. The van der Waals surface area contributed by atoms with E-state index in [0.29, 0.717) is 10.5 Å². The van der Waals surface area contributed by atoms with E-state index in [1.807, 2.05) is 24.3 Å². The first kappa shape index (κ1) is 12.1. The van der Waals surface area contributed by atoms with Crippen LogP contribution < -0.4 is 5.56 Å². The van der Waals surface area contributed by atoms with Crippen LogP contribution in [0, 0.1) is 0 Å². The Labute approximate surface area is 123 Å². The van der Waals surface area contributed by atoms with E-state index in [1.54, 1.807) is 4.57 Å². The first-order valence-corrected chi connectivity index (χ1v) is 7.58. The van der Waals surface area contributed by atoms with E-state index in [0.717, 1.165) is 40.6 Å². The minimum atomic E-state index is -0.0148. The topological polar surface area (TPSA) is 47.8 Å². The van der Waals surface area contributed by atoms with Gasteiger partial charge in [0.2, 0.25) is 0 Å². The molecule has 3 aromatic rings. The monoisotopic (exact) mass is 303 g/mol. The maximum atomic E-state index is 12.4. The molecule has 0 N–H and O–H groups in total. The van der Waals surface area contributed by atoms with Crippen LogP contribution in [0.2, 0.25) is 5.02 Å². The zero-order valence-electron chi connectivity index (χ0n) is 10.5. The quantitative estimate of drug-likeness (QED) is 0.694. The third-order valence-corrected chi connectivity index (χ3v) is 4.72. The highest BCUT2D eigenvalue weighted by Gasteiger charge is 2.19. The molecule has 0 fully saturated rings. The van der Waals surface area contributed by atoms with Crippen molar-refractivity contribution >= 4 is 33.3 Å². The van der Waals surface area contributed by atoms with Gasteiger partial charge in [0, 0.05) is 23.6 Å². The Morgan fingerprint density at radius 2 is 2.00 bits per heavy atom. The number of rotatable bonds is 1. The number of aryl methyl sites for hydroxylation is 1. The summed E-state index contributed by atoms with van der Waals surface area (Å²) in [6.07, 6.45) is 1.86. The summed E-state index contributed by atoms with van der Waals surface area (Å²) in [5, 5.41) is 1.50. The van der Waals surface area contributed by atoms with Crippen molar-refractivity contribution in [3.8, 4) is 10.6 Å². The molecule has 1 aliphatic rings. The van der Waals surface area contributed by atoms with E-state index in [2.05, 4.69) is 9.97 Å². The fourth-order valence-corrected chi connectivity index (χ4v) is 3.56. The number of halogens is 1. The van der Waals surface area contributed by atoms with Crippen LogP contribution in [0.4, 0.5) is 0 Å². The predicted octanol–water partition coefficient (Wildman–Crippen LogP) is 3.12. The van der Waals surface area contributed by atoms with Crippen LogP contribution in [-0.2, 0) is 13.0 Å². The van der Waals surface area contributed by atoms with Crippen molar-refractivity contribution in [1.29, 1.82) is 0 Å². The molecule has 0 bridgehead atoms. The molecular formula is C14H10ClN3OS. The zero-order valence-corrected chi connectivity index (χ0v) is 12.0. The molecule has 0 saturated heterocycles. The largest absolute Gasteiger partial charge is 0.295 e. The van der Waals surface area contributed by atoms with Crippen molar-refractivity contribution in [2.75, 3.05) is 0 Å². The molecular weight excluding hydrogens is 294 g/mol. The van der Waals surface area contributed by atoms with E-state index in [4.69, 9.17) is 11.6 Å². The molecule has 4 rings (SSSR count). The normalized spacial score (nSPS) is 13.8. The molecule has 0 aliphatic carbocycles. The lowest BCUT2D eigenvalue weighted by Gasteiger charge is -1.99. The molecule has 6 heteroatoms. The molecule has 1 aliphatic heterocycles. The molecule has 100 valence electrons. The minimum absolute atomic E-state index is 0.0148. The third kappa shape index (κ3) is 1.77. The van der Waals surface area contributed by atoms with Gasteiger partial charge in [-0.1, -0.05) is 35.1 Å². The van der Waals surface area contributed by atoms with Crippen molar-refractivity contribution in [3.63, 3.8) is 0 Å². The number of aromatic nitrogens is 3. The highest BCUT2D eigenvalue weighted by molar-refractivity contribution is 7.21. The van der Waals surface area contributed by atoms with Gasteiger partial charge < -0.3 is 0 Å². The Balaban J connectivity index is 1.94. The minimum Gasteiger partial charge on any atom is -0.295 e. The van der Waals surface area contributed by atoms with Crippen molar-refractivity contribution < 1.29 is 0 Å². The number of hydrogen-bond donors (Lipinski definition) is 0. The first-order valence-electron chi connectivity index (χ1n) is 6.38. The van der Waals surface area contributed by atoms with Crippen molar-refractivity contribution in [2.24, 2.45) is 0 Å². The van der Waals surface area contributed by atoms with Crippen LogP contribution >= 0.6 is 22.9 Å². The summed E-state index contributed by atoms with van der Waals surface area (Å²) in [6.45, 7) is 0.755. The van der Waals surface area contributed by atoms with Gasteiger partial charge in [0.05, 0.1) is 0 Å². The van der Waals surface area contributed by atoms with E-state index >= 15 is 0 Å². The summed E-state index contributed by atoms with van der Waals surface area (Å²) in [6, 6.07) is 7.46. The van der Waals surface area contributed by atoms with Crippen LogP contribution in [0.15, 0.2) is 29.1 Å². The summed E-state index contributed by atoms with van der Waals surface area (Å²) in [5.41, 5.74) is 1.42. The van der Waals surface area contributed by atoms with E-state index in [9.17, 15) is 4.79 Å². The lowest BCUT2D eigenvalue weighted by molar-refractivity contribution is 0.718. The highest BCUT2D eigenvalue weighted by Crippen LogP contribution is 2.29. The Morgan fingerprint density at radius 3 is 2.80 bits per heavy atom. The molecule has 0 unspecified atom stereocenters. The van der Waals surface area contributed by atoms with Crippen molar-refractivity contribution in [1.82, 2.24) is 14.5 Å². The molecule has 20 heavy (non-hydrogen) atoms. The van der Waals surface area contributed by atoms with E-state index in [-0.39, 0.29) is 5.56 Å². The summed E-state index contributed by atoms with van der Waals surface area (Å²) in [4.78, 5) is 22.1. The van der Waals surface area contributed by atoms with Crippen LogP contribution in [0.3, 0.4) is 0 Å². The van der Waals surface area contributed by atoms with E-state index < -0.39 is 0 Å². The lowest BCUT2D eigenvalue weighted by atomic mass is 10.2. The second-order valence-corrected chi connectivity index (χ2v) is 6.18. The number of benzene rings is 1. The zero-order chi connectivity index (χ0) is 13.7. The second-order valence-electron chi connectivity index (χ2n) is 4.77. The van der Waals surface area contributed by atoms with Crippen LogP contribution in [0.1, 0.15) is 12.2 Å². The molecule has 4 nitrogen and oxygen atoms in total. The predicted molar refractivity (Wildman–Crippen MR) is 80.4 cm³/mol. The van der Waals surface area contributed by atoms with Crippen molar-refractivity contribution in [3.05, 3.63) is 45.5 Å². The van der Waals surface area contributed by atoms with Crippen LogP contribution in [0.25, 0.3) is 20.9 Å². The Morgan fingerprint density at radius 1 is 1.20 bits per heavy atom. The standard InChI is InChI=1S/C14H10ClN3OS/c15-9-5-3-8(4-6-9)12-17-11-13(20-12)16-10-2-1-7-18(10)14(11)19/h3-6H,1-2,7H2. The molecule has 0 spiro atoms. The Kier molecular flexibility index (Phi) is 2.65. The fraction of sp³-hybridized carbons (Fsp3) is 0.214. The molecule has 0 atom stereocenters. The first-order chi connectivity index (χ1) is 9.72. The molecule has 3 heterocycles. The maximum Gasteiger partial charge on any atom is 0.280 e. The van der Waals surface area contributed by atoms with E-state index in [1.165, 1.54) is 11.3 Å². The smallest absolute Gasteiger partial charge is 0.280 e. The highest BCUT2D eigenvalue weighted by atomic mass is 35.5. The summed E-state index contributed by atoms with van der Waals surface area (Å²) in [5.74, 6) is 0.883. The Hall–Kier alpha value is -1.72. The summed E-state index contributed by atoms with van der Waals surface area (Å²) < 4.78 is 1.74. The molecule has 1 aromatic carbocycles. The van der Waals surface area contributed by atoms with Gasteiger partial charge in [-0.25, -0.2) is 9.97 Å².